The number of guanidine groups is 1. The molecular formula is C14H20BrN3O. The average molecular weight is 326 g/mol. The van der Waals surface area contributed by atoms with E-state index in [2.05, 4.69) is 38.5 Å². The van der Waals surface area contributed by atoms with Gasteiger partial charge >= 0.3 is 0 Å². The molecule has 0 aromatic heterocycles. The van der Waals surface area contributed by atoms with E-state index in [4.69, 9.17) is 4.74 Å². The molecule has 2 rings (SSSR count). The maximum Gasteiger partial charge on any atom is 0.191 e. The Morgan fingerprint density at radius 2 is 2.11 bits per heavy atom. The summed E-state index contributed by atoms with van der Waals surface area (Å²) in [5.74, 6) is 1.77. The van der Waals surface area contributed by atoms with Crippen LogP contribution in [0.3, 0.4) is 0 Å². The van der Waals surface area contributed by atoms with Gasteiger partial charge in [0.25, 0.3) is 0 Å². The number of aliphatic imine (C=N–C) groups is 1. The Hall–Kier alpha value is -1.23. The maximum atomic E-state index is 5.63. The first-order valence-corrected chi connectivity index (χ1v) is 7.50. The largest absolute Gasteiger partial charge is 0.492 e. The first-order chi connectivity index (χ1) is 9.28. The molecule has 0 spiro atoms. The number of ether oxygens (including phenoxy) is 1. The second-order valence-corrected chi connectivity index (χ2v) is 5.40. The zero-order valence-corrected chi connectivity index (χ0v) is 12.7. The fourth-order valence-corrected chi connectivity index (χ4v) is 1.86. The fourth-order valence-electron chi connectivity index (χ4n) is 1.59. The second kappa shape index (κ2) is 7.38. The SMILES string of the molecule is CCNC(=NCCOc1ccc(Br)cc1)NC1CC1. The van der Waals surface area contributed by atoms with Gasteiger partial charge in [0.2, 0.25) is 0 Å². The van der Waals surface area contributed by atoms with E-state index in [1.807, 2.05) is 24.3 Å². The molecule has 0 atom stereocenters. The van der Waals surface area contributed by atoms with Crippen molar-refractivity contribution >= 4 is 21.9 Å². The van der Waals surface area contributed by atoms with Gasteiger partial charge in [0, 0.05) is 17.1 Å². The zero-order valence-electron chi connectivity index (χ0n) is 11.2. The van der Waals surface area contributed by atoms with Crippen molar-refractivity contribution in [1.82, 2.24) is 10.6 Å². The Morgan fingerprint density at radius 1 is 1.37 bits per heavy atom. The lowest BCUT2D eigenvalue weighted by Gasteiger charge is -2.10. The van der Waals surface area contributed by atoms with Crippen LogP contribution in [0.25, 0.3) is 0 Å². The molecule has 1 aliphatic rings. The Kier molecular flexibility index (Phi) is 5.51. The van der Waals surface area contributed by atoms with E-state index in [1.165, 1.54) is 12.8 Å². The minimum atomic E-state index is 0.586. The van der Waals surface area contributed by atoms with E-state index >= 15 is 0 Å². The summed E-state index contributed by atoms with van der Waals surface area (Å²) in [5.41, 5.74) is 0. The molecular weight excluding hydrogens is 306 g/mol. The van der Waals surface area contributed by atoms with Gasteiger partial charge in [-0.3, -0.25) is 0 Å². The van der Waals surface area contributed by atoms with Gasteiger partial charge in [-0.05, 0) is 44.0 Å². The molecule has 0 saturated heterocycles. The highest BCUT2D eigenvalue weighted by Gasteiger charge is 2.21. The van der Waals surface area contributed by atoms with Crippen LogP contribution in [0.5, 0.6) is 5.75 Å². The molecule has 104 valence electrons. The topological polar surface area (TPSA) is 45.7 Å². The van der Waals surface area contributed by atoms with Crippen molar-refractivity contribution in [3.63, 3.8) is 0 Å². The lowest BCUT2D eigenvalue weighted by Crippen LogP contribution is -2.38. The minimum absolute atomic E-state index is 0.586. The van der Waals surface area contributed by atoms with E-state index < -0.39 is 0 Å². The summed E-state index contributed by atoms with van der Waals surface area (Å²) in [5, 5.41) is 6.61. The third-order valence-corrected chi connectivity index (χ3v) is 3.23. The summed E-state index contributed by atoms with van der Waals surface area (Å²) in [7, 11) is 0. The van der Waals surface area contributed by atoms with Crippen LogP contribution in [0.15, 0.2) is 33.7 Å². The Balaban J connectivity index is 1.72. The lowest BCUT2D eigenvalue weighted by atomic mass is 10.3. The molecule has 1 fully saturated rings. The number of benzene rings is 1. The van der Waals surface area contributed by atoms with E-state index in [0.29, 0.717) is 19.2 Å². The molecule has 4 nitrogen and oxygen atoms in total. The van der Waals surface area contributed by atoms with Crippen molar-refractivity contribution < 1.29 is 4.74 Å². The second-order valence-electron chi connectivity index (χ2n) is 4.48. The maximum absolute atomic E-state index is 5.63. The quantitative estimate of drug-likeness (QED) is 0.480. The van der Waals surface area contributed by atoms with Gasteiger partial charge in [0.15, 0.2) is 5.96 Å². The number of hydrogen-bond acceptors (Lipinski definition) is 2. The average Bonchev–Trinajstić information content (AvgIpc) is 3.21. The number of hydrogen-bond donors (Lipinski definition) is 2. The lowest BCUT2D eigenvalue weighted by molar-refractivity contribution is 0.328. The molecule has 1 aromatic rings. The van der Waals surface area contributed by atoms with Crippen LogP contribution in [0.4, 0.5) is 0 Å². The Bertz CT molecular complexity index is 415. The molecule has 2 N–H and O–H groups in total. The molecule has 0 unspecified atom stereocenters. The van der Waals surface area contributed by atoms with E-state index in [9.17, 15) is 0 Å². The van der Waals surface area contributed by atoms with Gasteiger partial charge in [0.1, 0.15) is 12.4 Å². The molecule has 0 aliphatic heterocycles. The molecule has 19 heavy (non-hydrogen) atoms. The molecule has 0 bridgehead atoms. The number of nitrogens with one attached hydrogen (secondary N) is 2. The first kappa shape index (κ1) is 14.2. The van der Waals surface area contributed by atoms with Crippen molar-refractivity contribution in [3.8, 4) is 5.75 Å². The van der Waals surface area contributed by atoms with E-state index in [1.54, 1.807) is 0 Å². The monoisotopic (exact) mass is 325 g/mol. The van der Waals surface area contributed by atoms with Crippen molar-refractivity contribution in [2.75, 3.05) is 19.7 Å². The molecule has 1 aliphatic carbocycles. The Labute approximate surface area is 122 Å². The third kappa shape index (κ3) is 5.51. The highest BCUT2D eigenvalue weighted by Crippen LogP contribution is 2.18. The van der Waals surface area contributed by atoms with Crippen molar-refractivity contribution in [1.29, 1.82) is 0 Å². The summed E-state index contributed by atoms with van der Waals surface area (Å²) < 4.78 is 6.68. The summed E-state index contributed by atoms with van der Waals surface area (Å²) >= 11 is 3.40. The molecule has 0 radical (unpaired) electrons. The van der Waals surface area contributed by atoms with Gasteiger partial charge in [-0.2, -0.15) is 0 Å². The van der Waals surface area contributed by atoms with E-state index in [0.717, 1.165) is 22.7 Å². The summed E-state index contributed by atoms with van der Waals surface area (Å²) in [6.07, 6.45) is 2.50. The summed E-state index contributed by atoms with van der Waals surface area (Å²) in [6.45, 7) is 4.19. The number of nitrogens with zero attached hydrogens (tertiary/aromatic N) is 1. The van der Waals surface area contributed by atoms with Crippen LogP contribution in [-0.2, 0) is 0 Å². The fraction of sp³-hybridized carbons (Fsp3) is 0.500. The van der Waals surface area contributed by atoms with Crippen LogP contribution in [0, 0.1) is 0 Å². The molecule has 1 aromatic carbocycles. The van der Waals surface area contributed by atoms with Gasteiger partial charge in [-0.1, -0.05) is 15.9 Å². The van der Waals surface area contributed by atoms with Crippen LogP contribution in [-0.4, -0.2) is 31.7 Å². The molecule has 5 heteroatoms. The van der Waals surface area contributed by atoms with Crippen molar-refractivity contribution in [2.24, 2.45) is 4.99 Å². The normalized spacial score (nSPS) is 15.2. The van der Waals surface area contributed by atoms with Gasteiger partial charge in [0.05, 0.1) is 6.54 Å². The molecule has 1 saturated carbocycles. The summed E-state index contributed by atoms with van der Waals surface area (Å²) in [6, 6.07) is 8.45. The molecule has 0 amide bonds. The number of halogens is 1. The third-order valence-electron chi connectivity index (χ3n) is 2.71. The van der Waals surface area contributed by atoms with Crippen LogP contribution < -0.4 is 15.4 Å². The van der Waals surface area contributed by atoms with Crippen LogP contribution >= 0.6 is 15.9 Å². The van der Waals surface area contributed by atoms with Crippen LogP contribution in [0.1, 0.15) is 19.8 Å². The van der Waals surface area contributed by atoms with E-state index in [-0.39, 0.29) is 0 Å². The highest BCUT2D eigenvalue weighted by atomic mass is 79.9. The van der Waals surface area contributed by atoms with Gasteiger partial charge < -0.3 is 15.4 Å². The first-order valence-electron chi connectivity index (χ1n) is 6.71. The standard InChI is InChI=1S/C14H20BrN3O/c1-2-16-14(18-12-5-6-12)17-9-10-19-13-7-3-11(15)4-8-13/h3-4,7-8,12H,2,5-6,9-10H2,1H3,(H2,16,17,18). The van der Waals surface area contributed by atoms with Crippen molar-refractivity contribution in [3.05, 3.63) is 28.7 Å². The van der Waals surface area contributed by atoms with Crippen LogP contribution in [0.2, 0.25) is 0 Å². The predicted molar refractivity (Wildman–Crippen MR) is 81.8 cm³/mol. The van der Waals surface area contributed by atoms with Gasteiger partial charge in [-0.25, -0.2) is 4.99 Å². The van der Waals surface area contributed by atoms with Crippen molar-refractivity contribution in [2.45, 2.75) is 25.8 Å². The Morgan fingerprint density at radius 3 is 2.74 bits per heavy atom. The predicted octanol–water partition coefficient (Wildman–Crippen LogP) is 2.55. The number of rotatable bonds is 6. The molecule has 0 heterocycles. The smallest absolute Gasteiger partial charge is 0.191 e. The zero-order chi connectivity index (χ0) is 13.5. The highest BCUT2D eigenvalue weighted by molar-refractivity contribution is 9.10. The minimum Gasteiger partial charge on any atom is -0.492 e. The van der Waals surface area contributed by atoms with Gasteiger partial charge in [-0.15, -0.1) is 0 Å². The summed E-state index contributed by atoms with van der Waals surface area (Å²) in [4.78, 5) is 4.49.